The minimum absolute atomic E-state index is 0.0356. The van der Waals surface area contributed by atoms with Crippen molar-refractivity contribution in [3.8, 4) is 5.75 Å². The quantitative estimate of drug-likeness (QED) is 0.863. The summed E-state index contributed by atoms with van der Waals surface area (Å²) in [7, 11) is 0. The highest BCUT2D eigenvalue weighted by Gasteiger charge is 2.17. The Labute approximate surface area is 104 Å². The monoisotopic (exact) mass is 233 g/mol. The Kier molecular flexibility index (Phi) is 4.06. The van der Waals surface area contributed by atoms with Gasteiger partial charge < -0.3 is 10.5 Å². The van der Waals surface area contributed by atoms with Gasteiger partial charge in [-0.2, -0.15) is 0 Å². The molecule has 94 valence electrons. The average molecular weight is 233 g/mol. The Balaban J connectivity index is 2.13. The van der Waals surface area contributed by atoms with Gasteiger partial charge in [0.25, 0.3) is 0 Å². The summed E-state index contributed by atoms with van der Waals surface area (Å²) in [6.45, 7) is 4.11. The van der Waals surface area contributed by atoms with E-state index in [9.17, 15) is 0 Å². The molecule has 1 aliphatic carbocycles. The molecule has 0 spiro atoms. The van der Waals surface area contributed by atoms with Crippen LogP contribution in [0.1, 0.15) is 56.2 Å². The first kappa shape index (κ1) is 12.4. The van der Waals surface area contributed by atoms with Crippen LogP contribution in [0, 0.1) is 6.92 Å². The van der Waals surface area contributed by atoms with Gasteiger partial charge in [-0.15, -0.1) is 0 Å². The lowest BCUT2D eigenvalue weighted by Gasteiger charge is -2.25. The zero-order valence-corrected chi connectivity index (χ0v) is 10.9. The Morgan fingerprint density at radius 3 is 2.59 bits per heavy atom. The van der Waals surface area contributed by atoms with Crippen LogP contribution in [-0.4, -0.2) is 6.10 Å². The molecule has 0 bridgehead atoms. The van der Waals surface area contributed by atoms with Gasteiger partial charge in [0.05, 0.1) is 6.10 Å². The molecule has 1 aromatic rings. The molecule has 2 nitrogen and oxygen atoms in total. The van der Waals surface area contributed by atoms with Gasteiger partial charge in [-0.3, -0.25) is 0 Å². The van der Waals surface area contributed by atoms with Crippen molar-refractivity contribution in [2.45, 2.75) is 58.1 Å². The molecule has 1 fully saturated rings. The summed E-state index contributed by atoms with van der Waals surface area (Å²) in [6, 6.07) is 6.35. The summed E-state index contributed by atoms with van der Waals surface area (Å²) >= 11 is 0. The van der Waals surface area contributed by atoms with E-state index >= 15 is 0 Å². The summed E-state index contributed by atoms with van der Waals surface area (Å²) in [4.78, 5) is 0. The fourth-order valence-corrected chi connectivity index (χ4v) is 2.49. The van der Waals surface area contributed by atoms with Gasteiger partial charge >= 0.3 is 0 Å². The summed E-state index contributed by atoms with van der Waals surface area (Å²) < 4.78 is 6.12. The Hall–Kier alpha value is -1.02. The molecule has 0 radical (unpaired) electrons. The van der Waals surface area contributed by atoms with E-state index in [2.05, 4.69) is 25.1 Å². The first-order valence-corrected chi connectivity index (χ1v) is 6.69. The third-order valence-corrected chi connectivity index (χ3v) is 3.50. The lowest BCUT2D eigenvalue weighted by Crippen LogP contribution is -2.21. The van der Waals surface area contributed by atoms with E-state index in [-0.39, 0.29) is 6.04 Å². The summed E-state index contributed by atoms with van der Waals surface area (Å²) in [6.07, 6.45) is 6.71. The van der Waals surface area contributed by atoms with Gasteiger partial charge in [-0.25, -0.2) is 0 Å². The standard InChI is InChI=1S/C15H23NO/c1-11-8-9-15(14(10-11)12(2)16)17-13-6-4-3-5-7-13/h8-10,12-13H,3-7,16H2,1-2H3/t12-/m0/s1. The van der Waals surface area contributed by atoms with Gasteiger partial charge in [0.15, 0.2) is 0 Å². The number of ether oxygens (including phenoxy) is 1. The number of hydrogen-bond acceptors (Lipinski definition) is 2. The number of benzene rings is 1. The van der Waals surface area contributed by atoms with Crippen molar-refractivity contribution in [1.29, 1.82) is 0 Å². The predicted molar refractivity (Wildman–Crippen MR) is 71.3 cm³/mol. The van der Waals surface area contributed by atoms with E-state index in [0.29, 0.717) is 6.10 Å². The van der Waals surface area contributed by atoms with E-state index in [1.54, 1.807) is 0 Å². The predicted octanol–water partition coefficient (Wildman–Crippen LogP) is 3.73. The average Bonchev–Trinajstić information content (AvgIpc) is 2.32. The maximum Gasteiger partial charge on any atom is 0.124 e. The highest BCUT2D eigenvalue weighted by Crippen LogP contribution is 2.29. The first-order valence-electron chi connectivity index (χ1n) is 6.69. The van der Waals surface area contributed by atoms with E-state index in [1.807, 2.05) is 6.92 Å². The van der Waals surface area contributed by atoms with E-state index < -0.39 is 0 Å². The smallest absolute Gasteiger partial charge is 0.124 e. The second-order valence-electron chi connectivity index (χ2n) is 5.21. The molecule has 1 aliphatic rings. The Bertz CT molecular complexity index is 367. The largest absolute Gasteiger partial charge is 0.490 e. The van der Waals surface area contributed by atoms with Crippen molar-refractivity contribution in [3.05, 3.63) is 29.3 Å². The lowest BCUT2D eigenvalue weighted by atomic mass is 9.97. The van der Waals surface area contributed by atoms with Crippen LogP contribution in [0.3, 0.4) is 0 Å². The molecule has 0 amide bonds. The minimum Gasteiger partial charge on any atom is -0.490 e. The summed E-state index contributed by atoms with van der Waals surface area (Å²) in [5.74, 6) is 0.984. The molecule has 1 saturated carbocycles. The molecule has 0 saturated heterocycles. The number of aryl methyl sites for hydroxylation is 1. The molecule has 2 rings (SSSR count). The molecule has 2 N–H and O–H groups in total. The van der Waals surface area contributed by atoms with E-state index in [0.717, 1.165) is 11.3 Å². The van der Waals surface area contributed by atoms with Crippen molar-refractivity contribution in [3.63, 3.8) is 0 Å². The van der Waals surface area contributed by atoms with Crippen molar-refractivity contribution < 1.29 is 4.74 Å². The van der Waals surface area contributed by atoms with Crippen molar-refractivity contribution in [1.82, 2.24) is 0 Å². The van der Waals surface area contributed by atoms with Gasteiger partial charge in [0.1, 0.15) is 5.75 Å². The van der Waals surface area contributed by atoms with Gasteiger partial charge in [-0.1, -0.05) is 24.1 Å². The summed E-state index contributed by atoms with van der Waals surface area (Å²) in [5.41, 5.74) is 8.39. The normalized spacial score (nSPS) is 19.0. The molecule has 1 aromatic carbocycles. The van der Waals surface area contributed by atoms with Crippen molar-refractivity contribution >= 4 is 0 Å². The van der Waals surface area contributed by atoms with Crippen LogP contribution in [0.4, 0.5) is 0 Å². The highest BCUT2D eigenvalue weighted by atomic mass is 16.5. The molecular formula is C15H23NO. The number of hydrogen-bond donors (Lipinski definition) is 1. The topological polar surface area (TPSA) is 35.2 Å². The molecule has 0 aromatic heterocycles. The summed E-state index contributed by atoms with van der Waals surface area (Å²) in [5, 5.41) is 0. The lowest BCUT2D eigenvalue weighted by molar-refractivity contribution is 0.153. The second kappa shape index (κ2) is 5.54. The van der Waals surface area contributed by atoms with Crippen molar-refractivity contribution in [2.75, 3.05) is 0 Å². The zero-order chi connectivity index (χ0) is 12.3. The van der Waals surface area contributed by atoms with Crippen LogP contribution in [0.15, 0.2) is 18.2 Å². The van der Waals surface area contributed by atoms with E-state index in [4.69, 9.17) is 10.5 Å². The van der Waals surface area contributed by atoms with Crippen LogP contribution < -0.4 is 10.5 Å². The zero-order valence-electron chi connectivity index (χ0n) is 10.9. The molecule has 1 atom stereocenters. The SMILES string of the molecule is Cc1ccc(OC2CCCCC2)c([C@H](C)N)c1. The van der Waals surface area contributed by atoms with Gasteiger partial charge in [0.2, 0.25) is 0 Å². The van der Waals surface area contributed by atoms with E-state index in [1.165, 1.54) is 37.7 Å². The second-order valence-corrected chi connectivity index (χ2v) is 5.21. The molecule has 17 heavy (non-hydrogen) atoms. The van der Waals surface area contributed by atoms with Gasteiger partial charge in [0, 0.05) is 11.6 Å². The van der Waals surface area contributed by atoms with Crippen LogP contribution in [-0.2, 0) is 0 Å². The fourth-order valence-electron chi connectivity index (χ4n) is 2.49. The Morgan fingerprint density at radius 1 is 1.24 bits per heavy atom. The van der Waals surface area contributed by atoms with Crippen LogP contribution in [0.2, 0.25) is 0 Å². The fraction of sp³-hybridized carbons (Fsp3) is 0.600. The van der Waals surface area contributed by atoms with Crippen LogP contribution in [0.5, 0.6) is 5.75 Å². The van der Waals surface area contributed by atoms with Gasteiger partial charge in [-0.05, 0) is 45.6 Å². The number of rotatable bonds is 3. The molecule has 0 unspecified atom stereocenters. The number of nitrogens with two attached hydrogens (primary N) is 1. The highest BCUT2D eigenvalue weighted by molar-refractivity contribution is 5.38. The molecule has 2 heteroatoms. The third kappa shape index (κ3) is 3.22. The molecule has 0 heterocycles. The minimum atomic E-state index is 0.0356. The first-order chi connectivity index (χ1) is 8.16. The van der Waals surface area contributed by atoms with Crippen LogP contribution >= 0.6 is 0 Å². The Morgan fingerprint density at radius 2 is 1.94 bits per heavy atom. The molecule has 0 aliphatic heterocycles. The van der Waals surface area contributed by atoms with Crippen LogP contribution in [0.25, 0.3) is 0 Å². The van der Waals surface area contributed by atoms with Crippen molar-refractivity contribution in [2.24, 2.45) is 5.73 Å². The molecular weight excluding hydrogens is 210 g/mol. The maximum atomic E-state index is 6.12. The third-order valence-electron chi connectivity index (χ3n) is 3.50. The maximum absolute atomic E-state index is 6.12.